The summed E-state index contributed by atoms with van der Waals surface area (Å²) < 4.78 is 31.7. The van der Waals surface area contributed by atoms with Gasteiger partial charge < -0.3 is 4.74 Å². The van der Waals surface area contributed by atoms with Crippen molar-refractivity contribution in [3.8, 4) is 5.75 Å². The molecule has 0 aliphatic carbocycles. The topological polar surface area (TPSA) is 81.2 Å². The molecule has 0 fully saturated rings. The quantitative estimate of drug-likeness (QED) is 0.933. The van der Waals surface area contributed by atoms with Gasteiger partial charge in [0.05, 0.1) is 7.11 Å². The van der Waals surface area contributed by atoms with Crippen molar-refractivity contribution >= 4 is 27.4 Å². The molecule has 0 amide bonds. The van der Waals surface area contributed by atoms with Crippen LogP contribution in [0.4, 0.5) is 5.82 Å². The number of hydrogen-bond donors (Lipinski definition) is 1. The maximum atomic E-state index is 12.2. The summed E-state index contributed by atoms with van der Waals surface area (Å²) in [6, 6.07) is 9.13. The first-order chi connectivity index (χ1) is 9.03. The number of methoxy groups -OCH3 is 1. The van der Waals surface area contributed by atoms with E-state index >= 15 is 0 Å². The van der Waals surface area contributed by atoms with Crippen molar-refractivity contribution in [2.45, 2.75) is 4.90 Å². The third kappa shape index (κ3) is 3.12. The number of ether oxygens (including phenoxy) is 1. The highest BCUT2D eigenvalue weighted by molar-refractivity contribution is 7.92. The molecule has 1 aromatic heterocycles. The minimum atomic E-state index is -3.79. The number of nitrogens with one attached hydrogen (secondary N) is 1. The van der Waals surface area contributed by atoms with Gasteiger partial charge in [0, 0.05) is 0 Å². The van der Waals surface area contributed by atoms with Crippen LogP contribution < -0.4 is 9.46 Å². The number of para-hydroxylation sites is 1. The standard InChI is InChI=1S/C11H10ClN3O3S/c1-18-8-4-2-3-5-9(8)19(16,17)15-11-7-6-10(12)13-14-11/h2-7H,1H3,(H,14,15). The van der Waals surface area contributed by atoms with E-state index in [2.05, 4.69) is 14.9 Å². The molecule has 1 aromatic carbocycles. The zero-order chi connectivity index (χ0) is 13.9. The smallest absolute Gasteiger partial charge is 0.266 e. The summed E-state index contributed by atoms with van der Waals surface area (Å²) in [6.45, 7) is 0. The first-order valence-electron chi connectivity index (χ1n) is 5.18. The second kappa shape index (κ2) is 5.41. The van der Waals surface area contributed by atoms with Crippen LogP contribution in [0.2, 0.25) is 5.15 Å². The van der Waals surface area contributed by atoms with Gasteiger partial charge in [0.1, 0.15) is 10.6 Å². The Bertz CT molecular complexity index is 674. The van der Waals surface area contributed by atoms with Crippen molar-refractivity contribution in [3.63, 3.8) is 0 Å². The van der Waals surface area contributed by atoms with Gasteiger partial charge in [-0.15, -0.1) is 10.2 Å². The fourth-order valence-electron chi connectivity index (χ4n) is 1.40. The van der Waals surface area contributed by atoms with E-state index in [4.69, 9.17) is 16.3 Å². The van der Waals surface area contributed by atoms with E-state index in [-0.39, 0.29) is 21.6 Å². The molecule has 0 bridgehead atoms. The van der Waals surface area contributed by atoms with Crippen LogP contribution in [0.3, 0.4) is 0 Å². The van der Waals surface area contributed by atoms with Crippen molar-refractivity contribution < 1.29 is 13.2 Å². The third-order valence-corrected chi connectivity index (χ3v) is 3.83. The Hall–Kier alpha value is -1.86. The van der Waals surface area contributed by atoms with E-state index < -0.39 is 10.0 Å². The second-order valence-electron chi connectivity index (χ2n) is 3.50. The summed E-state index contributed by atoms with van der Waals surface area (Å²) >= 11 is 5.58. The number of anilines is 1. The molecule has 0 atom stereocenters. The maximum Gasteiger partial charge on any atom is 0.266 e. The van der Waals surface area contributed by atoms with E-state index in [1.165, 1.54) is 25.3 Å². The monoisotopic (exact) mass is 299 g/mol. The summed E-state index contributed by atoms with van der Waals surface area (Å²) in [7, 11) is -2.39. The number of hydrogen-bond acceptors (Lipinski definition) is 5. The van der Waals surface area contributed by atoms with E-state index in [1.54, 1.807) is 18.2 Å². The Morgan fingerprint density at radius 1 is 1.16 bits per heavy atom. The molecule has 0 saturated heterocycles. The second-order valence-corrected chi connectivity index (χ2v) is 5.54. The van der Waals surface area contributed by atoms with Crippen LogP contribution in [-0.2, 0) is 10.0 Å². The minimum Gasteiger partial charge on any atom is -0.495 e. The van der Waals surface area contributed by atoms with Crippen LogP contribution >= 0.6 is 11.6 Å². The van der Waals surface area contributed by atoms with Gasteiger partial charge in [-0.25, -0.2) is 8.42 Å². The molecule has 100 valence electrons. The highest BCUT2D eigenvalue weighted by atomic mass is 35.5. The third-order valence-electron chi connectivity index (χ3n) is 2.23. The largest absolute Gasteiger partial charge is 0.495 e. The Kier molecular flexibility index (Phi) is 3.87. The Balaban J connectivity index is 2.35. The molecule has 19 heavy (non-hydrogen) atoms. The molecule has 1 heterocycles. The van der Waals surface area contributed by atoms with E-state index in [9.17, 15) is 8.42 Å². The number of nitrogens with zero attached hydrogens (tertiary/aromatic N) is 2. The van der Waals surface area contributed by atoms with Gasteiger partial charge in [-0.3, -0.25) is 4.72 Å². The van der Waals surface area contributed by atoms with Crippen LogP contribution in [0.1, 0.15) is 0 Å². The number of aromatic nitrogens is 2. The Morgan fingerprint density at radius 3 is 2.53 bits per heavy atom. The van der Waals surface area contributed by atoms with Crippen LogP contribution in [0.25, 0.3) is 0 Å². The average Bonchev–Trinajstić information content (AvgIpc) is 2.41. The first-order valence-corrected chi connectivity index (χ1v) is 7.04. The van der Waals surface area contributed by atoms with Gasteiger partial charge in [0.25, 0.3) is 10.0 Å². The molecule has 8 heteroatoms. The predicted octanol–water partition coefficient (Wildman–Crippen LogP) is 1.94. The average molecular weight is 300 g/mol. The molecule has 6 nitrogen and oxygen atoms in total. The van der Waals surface area contributed by atoms with Gasteiger partial charge in [-0.2, -0.15) is 0 Å². The fraction of sp³-hybridized carbons (Fsp3) is 0.0909. The van der Waals surface area contributed by atoms with Crippen LogP contribution in [0, 0.1) is 0 Å². The van der Waals surface area contributed by atoms with E-state index in [0.717, 1.165) is 0 Å². The highest BCUT2D eigenvalue weighted by Crippen LogP contribution is 2.24. The number of rotatable bonds is 4. The normalized spacial score (nSPS) is 11.1. The molecule has 1 N–H and O–H groups in total. The van der Waals surface area contributed by atoms with Gasteiger partial charge in [-0.05, 0) is 24.3 Å². The summed E-state index contributed by atoms with van der Waals surface area (Å²) in [4.78, 5) is 0.0225. The van der Waals surface area contributed by atoms with Crippen molar-refractivity contribution in [3.05, 3.63) is 41.6 Å². The van der Waals surface area contributed by atoms with Crippen LogP contribution in [-0.4, -0.2) is 25.7 Å². The van der Waals surface area contributed by atoms with Crippen molar-refractivity contribution in [1.82, 2.24) is 10.2 Å². The van der Waals surface area contributed by atoms with E-state index in [0.29, 0.717) is 0 Å². The molecule has 0 aliphatic heterocycles. The highest BCUT2D eigenvalue weighted by Gasteiger charge is 2.19. The minimum absolute atomic E-state index is 0.0225. The van der Waals surface area contributed by atoms with Gasteiger partial charge in [0.2, 0.25) is 0 Å². The molecule has 0 unspecified atom stereocenters. The number of sulfonamides is 1. The molecular weight excluding hydrogens is 290 g/mol. The lowest BCUT2D eigenvalue weighted by Gasteiger charge is -2.10. The van der Waals surface area contributed by atoms with Gasteiger partial charge in [0.15, 0.2) is 11.0 Å². The van der Waals surface area contributed by atoms with Crippen LogP contribution in [0.15, 0.2) is 41.3 Å². The Labute approximate surface area is 115 Å². The van der Waals surface area contributed by atoms with Crippen molar-refractivity contribution in [2.24, 2.45) is 0 Å². The lowest BCUT2D eigenvalue weighted by Crippen LogP contribution is -2.15. The molecule has 0 radical (unpaired) electrons. The van der Waals surface area contributed by atoms with Gasteiger partial charge in [-0.1, -0.05) is 23.7 Å². The molecular formula is C11H10ClN3O3S. The SMILES string of the molecule is COc1ccccc1S(=O)(=O)Nc1ccc(Cl)nn1. The predicted molar refractivity (Wildman–Crippen MR) is 70.8 cm³/mol. The Morgan fingerprint density at radius 2 is 1.89 bits per heavy atom. The first kappa shape index (κ1) is 13.6. The van der Waals surface area contributed by atoms with Crippen molar-refractivity contribution in [2.75, 3.05) is 11.8 Å². The summed E-state index contributed by atoms with van der Waals surface area (Å²) in [5, 5.41) is 7.37. The summed E-state index contributed by atoms with van der Waals surface area (Å²) in [6.07, 6.45) is 0. The fourth-order valence-corrected chi connectivity index (χ4v) is 2.67. The van der Waals surface area contributed by atoms with Gasteiger partial charge >= 0.3 is 0 Å². The number of benzene rings is 1. The lowest BCUT2D eigenvalue weighted by molar-refractivity contribution is 0.403. The zero-order valence-electron chi connectivity index (χ0n) is 9.87. The molecule has 0 spiro atoms. The van der Waals surface area contributed by atoms with Crippen LogP contribution in [0.5, 0.6) is 5.75 Å². The molecule has 2 aromatic rings. The summed E-state index contributed by atoms with van der Waals surface area (Å²) in [5.41, 5.74) is 0. The maximum absolute atomic E-state index is 12.2. The molecule has 2 rings (SSSR count). The zero-order valence-corrected chi connectivity index (χ0v) is 11.4. The number of halogens is 1. The van der Waals surface area contributed by atoms with E-state index in [1.807, 2.05) is 0 Å². The van der Waals surface area contributed by atoms with Crippen molar-refractivity contribution in [1.29, 1.82) is 0 Å². The lowest BCUT2D eigenvalue weighted by atomic mass is 10.3. The molecule has 0 aliphatic rings. The molecule has 0 saturated carbocycles. The summed E-state index contributed by atoms with van der Waals surface area (Å²) in [5.74, 6) is 0.326.